The maximum atomic E-state index is 12.1. The number of benzene rings is 2. The number of ether oxygens (including phenoxy) is 2. The summed E-state index contributed by atoms with van der Waals surface area (Å²) in [5.74, 6) is -0.932. The summed E-state index contributed by atoms with van der Waals surface area (Å²) in [6, 6.07) is 11.5. The Morgan fingerprint density at radius 2 is 1.79 bits per heavy atom. The number of carbonyl (C=O) groups is 2. The molecule has 0 saturated heterocycles. The Labute approximate surface area is 145 Å². The predicted molar refractivity (Wildman–Crippen MR) is 87.2 cm³/mol. The minimum Gasteiger partial charge on any atom is -0.543 e. The summed E-state index contributed by atoms with van der Waals surface area (Å²) < 4.78 is 11.2. The van der Waals surface area contributed by atoms with E-state index in [-0.39, 0.29) is 12.5 Å². The fourth-order valence-electron chi connectivity index (χ4n) is 2.11. The lowest BCUT2D eigenvalue weighted by molar-refractivity contribution is -0.299. The third-order valence-electron chi connectivity index (χ3n) is 3.28. The molecule has 0 spiro atoms. The number of fused-ring (bicyclic) bond motifs is 1. The van der Waals surface area contributed by atoms with Crippen molar-refractivity contribution >= 4 is 33.9 Å². The highest BCUT2D eigenvalue weighted by atomic mass is 79.9. The Balaban J connectivity index is 1.83. The number of nitrogens with one attached hydrogen (secondary N) is 1. The Morgan fingerprint density at radius 3 is 2.50 bits per heavy atom. The average Bonchev–Trinajstić information content (AvgIpc) is 3.02. The monoisotopic (exact) mass is 388 g/mol. The summed E-state index contributed by atoms with van der Waals surface area (Å²) >= 11 is 3.27. The van der Waals surface area contributed by atoms with Crippen LogP contribution in [0, 0.1) is 0 Å². The fourth-order valence-corrected chi connectivity index (χ4v) is 2.38. The van der Waals surface area contributed by atoms with Crippen LogP contribution >= 0.6 is 15.9 Å². The van der Waals surface area contributed by atoms with Crippen LogP contribution in [0.2, 0.25) is 0 Å². The number of rotatable bonds is 4. The first-order valence-electron chi connectivity index (χ1n) is 6.92. The second-order valence-electron chi connectivity index (χ2n) is 4.92. The van der Waals surface area contributed by atoms with Crippen molar-refractivity contribution in [1.82, 2.24) is 5.32 Å². The smallest absolute Gasteiger partial charge is 0.255 e. The van der Waals surface area contributed by atoms with Gasteiger partial charge in [-0.3, -0.25) is 4.79 Å². The van der Waals surface area contributed by atoms with Gasteiger partial charge in [0.25, 0.3) is 5.91 Å². The first-order chi connectivity index (χ1) is 11.5. The maximum Gasteiger partial charge on any atom is 0.255 e. The minimum absolute atomic E-state index is 0.121. The van der Waals surface area contributed by atoms with Gasteiger partial charge in [-0.15, -0.1) is 0 Å². The number of amides is 1. The van der Waals surface area contributed by atoms with Crippen LogP contribution in [0.4, 0.5) is 0 Å². The van der Waals surface area contributed by atoms with Gasteiger partial charge in [-0.05, 0) is 48.0 Å². The molecule has 1 N–H and O–H groups in total. The van der Waals surface area contributed by atoms with E-state index in [2.05, 4.69) is 21.2 Å². The lowest BCUT2D eigenvalue weighted by atomic mass is 10.1. The van der Waals surface area contributed by atoms with Crippen molar-refractivity contribution in [2.75, 3.05) is 6.79 Å². The summed E-state index contributed by atoms with van der Waals surface area (Å²) in [6.45, 7) is 0.121. The molecule has 6 nitrogen and oxygen atoms in total. The largest absolute Gasteiger partial charge is 0.543 e. The molecule has 0 fully saturated rings. The van der Waals surface area contributed by atoms with Crippen LogP contribution in [-0.2, 0) is 4.79 Å². The third kappa shape index (κ3) is 3.57. The fraction of sp³-hybridized carbons (Fsp3) is 0.0588. The van der Waals surface area contributed by atoms with E-state index in [0.717, 1.165) is 4.47 Å². The SMILES string of the molecule is O=C([O-])/C(=C\c1ccc2c(c1)OCO2)NC(=O)c1ccc(Br)cc1. The standard InChI is InChI=1S/C17H12BrNO5/c18-12-4-2-11(3-5-12)16(20)19-13(17(21)22)7-10-1-6-14-15(8-10)24-9-23-14/h1-8H,9H2,(H,19,20)(H,21,22)/p-1/b13-7+. The molecule has 0 saturated carbocycles. The van der Waals surface area contributed by atoms with Gasteiger partial charge < -0.3 is 24.7 Å². The molecule has 2 aromatic rings. The van der Waals surface area contributed by atoms with Gasteiger partial charge in [0.15, 0.2) is 11.5 Å². The Kier molecular flexibility index (Phi) is 4.52. The average molecular weight is 389 g/mol. The predicted octanol–water partition coefficient (Wildman–Crippen LogP) is 1.70. The van der Waals surface area contributed by atoms with Crippen LogP contribution in [0.5, 0.6) is 11.5 Å². The molecule has 1 aliphatic heterocycles. The Bertz CT molecular complexity index is 829. The van der Waals surface area contributed by atoms with Crippen molar-refractivity contribution in [1.29, 1.82) is 0 Å². The highest BCUT2D eigenvalue weighted by molar-refractivity contribution is 9.10. The van der Waals surface area contributed by atoms with Gasteiger partial charge >= 0.3 is 0 Å². The molecule has 1 heterocycles. The third-order valence-corrected chi connectivity index (χ3v) is 3.81. The Hall–Kier alpha value is -2.80. The van der Waals surface area contributed by atoms with Crippen LogP contribution in [0.1, 0.15) is 15.9 Å². The molecule has 2 aromatic carbocycles. The number of halogens is 1. The second-order valence-corrected chi connectivity index (χ2v) is 5.83. The molecule has 0 aromatic heterocycles. The van der Waals surface area contributed by atoms with Crippen molar-refractivity contribution in [3.63, 3.8) is 0 Å². The van der Waals surface area contributed by atoms with Crippen molar-refractivity contribution in [2.45, 2.75) is 0 Å². The summed E-state index contributed by atoms with van der Waals surface area (Å²) in [5, 5.41) is 13.6. The number of hydrogen-bond acceptors (Lipinski definition) is 5. The van der Waals surface area contributed by atoms with Crippen LogP contribution in [-0.4, -0.2) is 18.7 Å². The maximum absolute atomic E-state index is 12.1. The van der Waals surface area contributed by atoms with Gasteiger partial charge in [0.1, 0.15) is 0 Å². The summed E-state index contributed by atoms with van der Waals surface area (Å²) in [5.41, 5.74) is 0.521. The molecular weight excluding hydrogens is 378 g/mol. The van der Waals surface area contributed by atoms with E-state index in [4.69, 9.17) is 9.47 Å². The summed E-state index contributed by atoms with van der Waals surface area (Å²) in [7, 11) is 0. The molecular formula is C17H11BrNO5-. The molecule has 122 valence electrons. The van der Waals surface area contributed by atoms with Crippen molar-refractivity contribution in [2.24, 2.45) is 0 Å². The van der Waals surface area contributed by atoms with Crippen molar-refractivity contribution in [3.05, 3.63) is 63.8 Å². The van der Waals surface area contributed by atoms with Crippen LogP contribution < -0.4 is 19.9 Å². The Morgan fingerprint density at radius 1 is 1.08 bits per heavy atom. The molecule has 0 bridgehead atoms. The first-order valence-corrected chi connectivity index (χ1v) is 7.72. The first kappa shape index (κ1) is 16.1. The number of aliphatic carboxylic acids is 1. The number of carboxylic acid groups (broad SMARTS) is 1. The van der Waals surface area contributed by atoms with Gasteiger partial charge in [-0.25, -0.2) is 0 Å². The molecule has 0 radical (unpaired) electrons. The lowest BCUT2D eigenvalue weighted by Crippen LogP contribution is -2.35. The van der Waals surface area contributed by atoms with E-state index < -0.39 is 11.9 Å². The van der Waals surface area contributed by atoms with E-state index in [0.29, 0.717) is 22.6 Å². The van der Waals surface area contributed by atoms with Crippen LogP contribution in [0.25, 0.3) is 6.08 Å². The van der Waals surface area contributed by atoms with Gasteiger partial charge in [0.05, 0.1) is 11.7 Å². The van der Waals surface area contributed by atoms with E-state index >= 15 is 0 Å². The molecule has 24 heavy (non-hydrogen) atoms. The molecule has 0 atom stereocenters. The highest BCUT2D eigenvalue weighted by Gasteiger charge is 2.14. The zero-order valence-electron chi connectivity index (χ0n) is 12.2. The number of carbonyl (C=O) groups excluding carboxylic acids is 2. The number of carboxylic acids is 1. The van der Waals surface area contributed by atoms with E-state index in [9.17, 15) is 14.7 Å². The zero-order chi connectivity index (χ0) is 17.1. The van der Waals surface area contributed by atoms with E-state index in [1.165, 1.54) is 6.08 Å². The van der Waals surface area contributed by atoms with Gasteiger partial charge in [0.2, 0.25) is 6.79 Å². The van der Waals surface area contributed by atoms with Crippen LogP contribution in [0.3, 0.4) is 0 Å². The molecule has 1 amide bonds. The lowest BCUT2D eigenvalue weighted by Gasteiger charge is -2.11. The van der Waals surface area contributed by atoms with Gasteiger partial charge in [0, 0.05) is 10.0 Å². The minimum atomic E-state index is -1.49. The van der Waals surface area contributed by atoms with Gasteiger partial charge in [-0.1, -0.05) is 22.0 Å². The van der Waals surface area contributed by atoms with Crippen LogP contribution in [0.15, 0.2) is 52.6 Å². The molecule has 7 heteroatoms. The molecule has 0 aliphatic carbocycles. The van der Waals surface area contributed by atoms with Crippen molar-refractivity contribution in [3.8, 4) is 11.5 Å². The van der Waals surface area contributed by atoms with Crippen molar-refractivity contribution < 1.29 is 24.2 Å². The second kappa shape index (κ2) is 6.76. The normalized spacial score (nSPS) is 12.8. The van der Waals surface area contributed by atoms with E-state index in [1.54, 1.807) is 42.5 Å². The quantitative estimate of drug-likeness (QED) is 0.805. The zero-order valence-corrected chi connectivity index (χ0v) is 13.8. The molecule has 3 rings (SSSR count). The van der Waals surface area contributed by atoms with Gasteiger partial charge in [-0.2, -0.15) is 0 Å². The topological polar surface area (TPSA) is 87.7 Å². The molecule has 0 unspecified atom stereocenters. The summed E-state index contributed by atoms with van der Waals surface area (Å²) in [4.78, 5) is 23.4. The summed E-state index contributed by atoms with van der Waals surface area (Å²) in [6.07, 6.45) is 1.30. The highest BCUT2D eigenvalue weighted by Crippen LogP contribution is 2.33. The molecule has 1 aliphatic rings. The van der Waals surface area contributed by atoms with E-state index in [1.807, 2.05) is 0 Å². The number of hydrogen-bond donors (Lipinski definition) is 1.